The Bertz CT molecular complexity index is 835. The second-order valence-electron chi connectivity index (χ2n) is 4.46. The number of fused-ring (bicyclic) bond motifs is 1. The Labute approximate surface area is 131 Å². The Morgan fingerprint density at radius 2 is 1.95 bits per heavy atom. The van der Waals surface area contributed by atoms with E-state index in [4.69, 9.17) is 28.9 Å². The molecule has 1 aromatic carbocycles. The third kappa shape index (κ3) is 2.57. The first kappa shape index (κ1) is 13.9. The molecule has 0 aliphatic rings. The number of hydrogen-bond donors (Lipinski definition) is 2. The van der Waals surface area contributed by atoms with Gasteiger partial charge in [-0.25, -0.2) is 4.98 Å². The number of nitrogen functional groups attached to an aromatic ring is 1. The molecule has 0 aliphatic carbocycles. The summed E-state index contributed by atoms with van der Waals surface area (Å²) in [4.78, 5) is 12.5. The lowest BCUT2D eigenvalue weighted by Gasteiger charge is -2.12. The first-order valence-electron chi connectivity index (χ1n) is 6.16. The molecule has 2 aromatic heterocycles. The lowest BCUT2D eigenvalue weighted by Crippen LogP contribution is -2.04. The molecule has 2 heterocycles. The maximum absolute atomic E-state index is 6.17. The van der Waals surface area contributed by atoms with Gasteiger partial charge in [0.2, 0.25) is 5.28 Å². The van der Waals surface area contributed by atoms with Crippen LogP contribution < -0.4 is 11.1 Å². The van der Waals surface area contributed by atoms with Crippen LogP contribution in [0.2, 0.25) is 10.3 Å². The van der Waals surface area contributed by atoms with E-state index >= 15 is 0 Å². The van der Waals surface area contributed by atoms with Crippen LogP contribution >= 0.6 is 23.2 Å². The first-order valence-corrected chi connectivity index (χ1v) is 6.91. The lowest BCUT2D eigenvalue weighted by molar-refractivity contribution is 1.11. The molecule has 106 valence electrons. The number of aromatic nitrogens is 3. The van der Waals surface area contributed by atoms with Crippen LogP contribution in [-0.2, 0) is 0 Å². The van der Waals surface area contributed by atoms with Crippen molar-refractivity contribution in [2.45, 2.75) is 6.92 Å². The molecule has 7 heteroatoms. The van der Waals surface area contributed by atoms with Gasteiger partial charge < -0.3 is 11.1 Å². The van der Waals surface area contributed by atoms with Gasteiger partial charge in [0.25, 0.3) is 0 Å². The van der Waals surface area contributed by atoms with E-state index < -0.39 is 0 Å². The van der Waals surface area contributed by atoms with Crippen molar-refractivity contribution >= 4 is 51.3 Å². The summed E-state index contributed by atoms with van der Waals surface area (Å²) in [6.07, 6.45) is 1.70. The average molecular weight is 320 g/mol. The van der Waals surface area contributed by atoms with Gasteiger partial charge in [-0.15, -0.1) is 0 Å². The molecule has 0 radical (unpaired) electrons. The Balaban J connectivity index is 2.13. The van der Waals surface area contributed by atoms with Crippen LogP contribution in [0.1, 0.15) is 5.69 Å². The Hall–Kier alpha value is -2.11. The maximum Gasteiger partial charge on any atom is 0.224 e. The topological polar surface area (TPSA) is 76.7 Å². The molecule has 21 heavy (non-hydrogen) atoms. The van der Waals surface area contributed by atoms with E-state index in [0.717, 1.165) is 16.6 Å². The van der Waals surface area contributed by atoms with E-state index in [9.17, 15) is 0 Å². The van der Waals surface area contributed by atoms with Gasteiger partial charge in [0.15, 0.2) is 5.82 Å². The summed E-state index contributed by atoms with van der Waals surface area (Å²) < 4.78 is 0. The number of benzene rings is 1. The van der Waals surface area contributed by atoms with Crippen LogP contribution in [0, 0.1) is 6.92 Å². The molecule has 3 N–H and O–H groups in total. The van der Waals surface area contributed by atoms with E-state index in [0.29, 0.717) is 22.2 Å². The highest BCUT2D eigenvalue weighted by molar-refractivity contribution is 6.35. The molecule has 3 aromatic rings. The van der Waals surface area contributed by atoms with Crippen molar-refractivity contribution in [3.63, 3.8) is 0 Å². The number of pyridine rings is 1. The molecule has 0 amide bonds. The van der Waals surface area contributed by atoms with Gasteiger partial charge in [0.1, 0.15) is 0 Å². The molecular formula is C14H11Cl2N5. The van der Waals surface area contributed by atoms with E-state index in [2.05, 4.69) is 20.3 Å². The number of hydrogen-bond acceptors (Lipinski definition) is 5. The average Bonchev–Trinajstić information content (AvgIpc) is 2.47. The number of halogens is 2. The summed E-state index contributed by atoms with van der Waals surface area (Å²) in [5.41, 5.74) is 8.52. The van der Waals surface area contributed by atoms with Crippen molar-refractivity contribution in [1.29, 1.82) is 0 Å². The standard InChI is InChI=1S/C14H11Cl2N5/c1-7-11(17)13(21-14(16)19-7)20-10-5-4-9(15)8-3-2-6-18-12(8)10/h2-6H,17H2,1H3,(H,19,20,21). The fourth-order valence-electron chi connectivity index (χ4n) is 2.01. The number of aryl methyl sites for hydroxylation is 1. The summed E-state index contributed by atoms with van der Waals surface area (Å²) in [7, 11) is 0. The van der Waals surface area contributed by atoms with Gasteiger partial charge >= 0.3 is 0 Å². The zero-order valence-electron chi connectivity index (χ0n) is 11.1. The van der Waals surface area contributed by atoms with Gasteiger partial charge in [-0.2, -0.15) is 4.98 Å². The molecule has 5 nitrogen and oxygen atoms in total. The molecule has 3 rings (SSSR count). The summed E-state index contributed by atoms with van der Waals surface area (Å²) in [6, 6.07) is 7.34. The number of nitrogens with zero attached hydrogens (tertiary/aromatic N) is 3. The quantitative estimate of drug-likeness (QED) is 0.699. The van der Waals surface area contributed by atoms with Crippen molar-refractivity contribution in [3.05, 3.63) is 46.5 Å². The predicted molar refractivity (Wildman–Crippen MR) is 86.2 cm³/mol. The highest BCUT2D eigenvalue weighted by Crippen LogP contribution is 2.31. The SMILES string of the molecule is Cc1nc(Cl)nc(Nc2ccc(Cl)c3cccnc23)c1N. The zero-order valence-corrected chi connectivity index (χ0v) is 12.6. The van der Waals surface area contributed by atoms with E-state index in [-0.39, 0.29) is 5.28 Å². The lowest BCUT2D eigenvalue weighted by atomic mass is 10.2. The summed E-state index contributed by atoms with van der Waals surface area (Å²) in [5.74, 6) is 0.446. The van der Waals surface area contributed by atoms with Gasteiger partial charge in [0.05, 0.1) is 27.6 Å². The summed E-state index contributed by atoms with van der Waals surface area (Å²) in [5, 5.41) is 4.76. The number of nitrogens with one attached hydrogen (secondary N) is 1. The smallest absolute Gasteiger partial charge is 0.224 e. The van der Waals surface area contributed by atoms with Crippen LogP contribution in [0.3, 0.4) is 0 Å². The third-order valence-electron chi connectivity index (χ3n) is 3.08. The molecule has 0 aliphatic heterocycles. The zero-order chi connectivity index (χ0) is 15.0. The molecule has 0 fully saturated rings. The normalized spacial score (nSPS) is 10.8. The van der Waals surface area contributed by atoms with Gasteiger partial charge in [-0.3, -0.25) is 4.98 Å². The fraction of sp³-hybridized carbons (Fsp3) is 0.0714. The van der Waals surface area contributed by atoms with Crippen molar-refractivity contribution < 1.29 is 0 Å². The van der Waals surface area contributed by atoms with Gasteiger partial charge in [-0.05, 0) is 42.8 Å². The first-order chi connectivity index (χ1) is 10.1. The highest BCUT2D eigenvalue weighted by Gasteiger charge is 2.11. The van der Waals surface area contributed by atoms with Crippen LogP contribution in [-0.4, -0.2) is 15.0 Å². The van der Waals surface area contributed by atoms with E-state index in [1.54, 1.807) is 19.2 Å². The Morgan fingerprint density at radius 3 is 2.76 bits per heavy atom. The molecule has 0 atom stereocenters. The summed E-state index contributed by atoms with van der Waals surface area (Å²) >= 11 is 12.1. The van der Waals surface area contributed by atoms with Gasteiger partial charge in [-0.1, -0.05) is 11.6 Å². The minimum atomic E-state index is 0.135. The van der Waals surface area contributed by atoms with Crippen molar-refractivity contribution in [3.8, 4) is 0 Å². The van der Waals surface area contributed by atoms with Crippen LogP contribution in [0.25, 0.3) is 10.9 Å². The van der Waals surface area contributed by atoms with Gasteiger partial charge in [0, 0.05) is 11.6 Å². The Kier molecular flexibility index (Phi) is 3.53. The van der Waals surface area contributed by atoms with Crippen LogP contribution in [0.4, 0.5) is 17.2 Å². The van der Waals surface area contributed by atoms with Crippen LogP contribution in [0.15, 0.2) is 30.5 Å². The molecule has 0 saturated carbocycles. The van der Waals surface area contributed by atoms with Crippen LogP contribution in [0.5, 0.6) is 0 Å². The van der Waals surface area contributed by atoms with E-state index in [1.807, 2.05) is 18.2 Å². The second-order valence-corrected chi connectivity index (χ2v) is 5.21. The van der Waals surface area contributed by atoms with E-state index in [1.165, 1.54) is 0 Å². The molecule has 0 saturated heterocycles. The van der Waals surface area contributed by atoms with Crippen molar-refractivity contribution in [2.24, 2.45) is 0 Å². The summed E-state index contributed by atoms with van der Waals surface area (Å²) in [6.45, 7) is 1.77. The number of nitrogens with two attached hydrogens (primary N) is 1. The monoisotopic (exact) mass is 319 g/mol. The number of anilines is 3. The minimum absolute atomic E-state index is 0.135. The largest absolute Gasteiger partial charge is 0.394 e. The maximum atomic E-state index is 6.17. The number of rotatable bonds is 2. The third-order valence-corrected chi connectivity index (χ3v) is 3.58. The van der Waals surface area contributed by atoms with Crippen molar-refractivity contribution in [1.82, 2.24) is 15.0 Å². The van der Waals surface area contributed by atoms with Crippen molar-refractivity contribution in [2.75, 3.05) is 11.1 Å². The molecule has 0 unspecified atom stereocenters. The highest BCUT2D eigenvalue weighted by atomic mass is 35.5. The minimum Gasteiger partial charge on any atom is -0.394 e. The molecular weight excluding hydrogens is 309 g/mol. The molecule has 0 spiro atoms. The fourth-order valence-corrected chi connectivity index (χ4v) is 2.44. The predicted octanol–water partition coefficient (Wildman–Crippen LogP) is 3.97. The Morgan fingerprint density at radius 1 is 1.14 bits per heavy atom. The molecule has 0 bridgehead atoms. The second kappa shape index (κ2) is 5.35.